The molecule has 0 unspecified atom stereocenters. The first kappa shape index (κ1) is 26.2. The molecule has 0 radical (unpaired) electrons. The summed E-state index contributed by atoms with van der Waals surface area (Å²) >= 11 is 1.81. The first-order chi connectivity index (χ1) is 20.4. The standard InChI is InChI=1S/C37H30N4S/c1-23-13-15-28(21-25(23)3)36-38-35(39-37(40-36)29-16-14-24(2)26(4)22-29)27-17-19-30(20-18-27)41-31-9-5-7-11-33(31)42-34-12-8-6-10-32(34)41/h5-22H,1-4H3. The maximum atomic E-state index is 4.99. The number of hydrogen-bond donors (Lipinski definition) is 0. The Morgan fingerprint density at radius 1 is 0.452 bits per heavy atom. The Balaban J connectivity index is 1.34. The van der Waals surface area contributed by atoms with Crippen molar-refractivity contribution >= 4 is 28.8 Å². The number of fused-ring (bicyclic) bond motifs is 2. The number of rotatable bonds is 4. The monoisotopic (exact) mass is 562 g/mol. The highest BCUT2D eigenvalue weighted by Crippen LogP contribution is 2.51. The summed E-state index contributed by atoms with van der Waals surface area (Å²) in [5.74, 6) is 2.01. The van der Waals surface area contributed by atoms with Gasteiger partial charge in [-0.3, -0.25) is 0 Å². The van der Waals surface area contributed by atoms with Gasteiger partial charge in [0.15, 0.2) is 17.5 Å². The van der Waals surface area contributed by atoms with E-state index in [1.54, 1.807) is 0 Å². The lowest BCUT2D eigenvalue weighted by atomic mass is 10.0. The Hall–Kier alpha value is -4.74. The number of aromatic nitrogens is 3. The van der Waals surface area contributed by atoms with Crippen LogP contribution in [-0.2, 0) is 0 Å². The lowest BCUT2D eigenvalue weighted by molar-refractivity contribution is 1.07. The summed E-state index contributed by atoms with van der Waals surface area (Å²) in [6.07, 6.45) is 0. The largest absolute Gasteiger partial charge is 0.308 e. The minimum atomic E-state index is 0.660. The summed E-state index contributed by atoms with van der Waals surface area (Å²) in [5, 5.41) is 0. The third-order valence-electron chi connectivity index (χ3n) is 7.98. The molecule has 7 rings (SSSR count). The fourth-order valence-electron chi connectivity index (χ4n) is 5.27. The van der Waals surface area contributed by atoms with Gasteiger partial charge < -0.3 is 4.90 Å². The normalized spacial score (nSPS) is 12.1. The smallest absolute Gasteiger partial charge is 0.164 e. The Morgan fingerprint density at radius 3 is 1.36 bits per heavy atom. The molecule has 42 heavy (non-hydrogen) atoms. The van der Waals surface area contributed by atoms with Crippen LogP contribution in [0.1, 0.15) is 22.3 Å². The van der Waals surface area contributed by atoms with E-state index in [4.69, 9.17) is 15.0 Å². The summed E-state index contributed by atoms with van der Waals surface area (Å²) in [4.78, 5) is 19.7. The van der Waals surface area contributed by atoms with Gasteiger partial charge in [0.2, 0.25) is 0 Å². The van der Waals surface area contributed by atoms with Crippen LogP contribution >= 0.6 is 11.8 Å². The van der Waals surface area contributed by atoms with Crippen molar-refractivity contribution in [3.05, 3.63) is 131 Å². The maximum Gasteiger partial charge on any atom is 0.164 e. The van der Waals surface area contributed by atoms with Gasteiger partial charge in [-0.1, -0.05) is 60.3 Å². The predicted molar refractivity (Wildman–Crippen MR) is 174 cm³/mol. The average Bonchev–Trinajstić information content (AvgIpc) is 3.02. The zero-order chi connectivity index (χ0) is 28.8. The molecule has 0 saturated heterocycles. The minimum Gasteiger partial charge on any atom is -0.308 e. The molecular formula is C37H30N4S. The van der Waals surface area contributed by atoms with E-state index in [-0.39, 0.29) is 0 Å². The number of anilines is 3. The molecule has 0 fully saturated rings. The minimum absolute atomic E-state index is 0.660. The number of hydrogen-bond acceptors (Lipinski definition) is 5. The Kier molecular flexibility index (Phi) is 6.60. The number of aryl methyl sites for hydroxylation is 4. The third kappa shape index (κ3) is 4.76. The van der Waals surface area contributed by atoms with Gasteiger partial charge >= 0.3 is 0 Å². The molecule has 0 amide bonds. The van der Waals surface area contributed by atoms with Crippen molar-refractivity contribution in [2.45, 2.75) is 37.5 Å². The van der Waals surface area contributed by atoms with E-state index in [2.05, 4.69) is 142 Å². The van der Waals surface area contributed by atoms with Crippen molar-refractivity contribution in [2.24, 2.45) is 0 Å². The SMILES string of the molecule is Cc1ccc(-c2nc(-c3ccc(N4c5ccccc5Sc5ccccc54)cc3)nc(-c3ccc(C)c(C)c3)n2)cc1C. The molecule has 0 N–H and O–H groups in total. The zero-order valence-electron chi connectivity index (χ0n) is 24.1. The molecule has 4 nitrogen and oxygen atoms in total. The molecule has 0 spiro atoms. The fraction of sp³-hybridized carbons (Fsp3) is 0.108. The summed E-state index contributed by atoms with van der Waals surface area (Å²) < 4.78 is 0. The van der Waals surface area contributed by atoms with Gasteiger partial charge in [0.05, 0.1) is 11.4 Å². The van der Waals surface area contributed by atoms with E-state index >= 15 is 0 Å². The molecule has 0 atom stereocenters. The van der Waals surface area contributed by atoms with Gasteiger partial charge in [0.1, 0.15) is 0 Å². The molecule has 0 bridgehead atoms. The van der Waals surface area contributed by atoms with Crippen molar-refractivity contribution in [1.29, 1.82) is 0 Å². The van der Waals surface area contributed by atoms with Crippen LogP contribution in [0.3, 0.4) is 0 Å². The highest BCUT2D eigenvalue weighted by Gasteiger charge is 2.24. The van der Waals surface area contributed by atoms with Gasteiger partial charge in [-0.2, -0.15) is 0 Å². The average molecular weight is 563 g/mol. The van der Waals surface area contributed by atoms with Crippen molar-refractivity contribution < 1.29 is 0 Å². The Bertz CT molecular complexity index is 1850. The maximum absolute atomic E-state index is 4.99. The van der Waals surface area contributed by atoms with E-state index in [9.17, 15) is 0 Å². The fourth-order valence-corrected chi connectivity index (χ4v) is 6.32. The van der Waals surface area contributed by atoms with Gasteiger partial charge in [-0.05, 0) is 111 Å². The zero-order valence-corrected chi connectivity index (χ0v) is 24.9. The number of benzene rings is 5. The molecule has 204 valence electrons. The predicted octanol–water partition coefficient (Wildman–Crippen LogP) is 10.0. The van der Waals surface area contributed by atoms with Gasteiger partial charge in [0.25, 0.3) is 0 Å². The second kappa shape index (κ2) is 10.6. The molecule has 6 aromatic rings. The van der Waals surface area contributed by atoms with E-state index < -0.39 is 0 Å². The second-order valence-corrected chi connectivity index (χ2v) is 11.9. The third-order valence-corrected chi connectivity index (χ3v) is 9.11. The van der Waals surface area contributed by atoms with Crippen LogP contribution in [0.2, 0.25) is 0 Å². The quantitative estimate of drug-likeness (QED) is 0.213. The van der Waals surface area contributed by atoms with Crippen LogP contribution in [0.15, 0.2) is 119 Å². The molecule has 1 aromatic heterocycles. The summed E-state index contributed by atoms with van der Waals surface area (Å²) in [6, 6.07) is 38.5. The number of para-hydroxylation sites is 2. The lowest BCUT2D eigenvalue weighted by Crippen LogP contribution is -2.14. The molecule has 1 aliphatic rings. The van der Waals surface area contributed by atoms with Crippen LogP contribution in [0.4, 0.5) is 17.1 Å². The van der Waals surface area contributed by atoms with Crippen molar-refractivity contribution in [3.8, 4) is 34.2 Å². The van der Waals surface area contributed by atoms with Crippen LogP contribution in [0.25, 0.3) is 34.2 Å². The van der Waals surface area contributed by atoms with E-state index in [1.807, 2.05) is 11.8 Å². The van der Waals surface area contributed by atoms with Crippen molar-refractivity contribution in [3.63, 3.8) is 0 Å². The Morgan fingerprint density at radius 2 is 0.881 bits per heavy atom. The van der Waals surface area contributed by atoms with Crippen molar-refractivity contribution in [2.75, 3.05) is 4.90 Å². The first-order valence-corrected chi connectivity index (χ1v) is 14.9. The van der Waals surface area contributed by atoms with Crippen molar-refractivity contribution in [1.82, 2.24) is 15.0 Å². The van der Waals surface area contributed by atoms with Crippen LogP contribution in [-0.4, -0.2) is 15.0 Å². The van der Waals surface area contributed by atoms with E-state index in [0.29, 0.717) is 17.5 Å². The summed E-state index contributed by atoms with van der Waals surface area (Å²) in [5.41, 5.74) is 11.3. The highest BCUT2D eigenvalue weighted by atomic mass is 32.2. The van der Waals surface area contributed by atoms with E-state index in [1.165, 1.54) is 43.4 Å². The topological polar surface area (TPSA) is 41.9 Å². The first-order valence-electron chi connectivity index (χ1n) is 14.1. The summed E-state index contributed by atoms with van der Waals surface area (Å²) in [7, 11) is 0. The van der Waals surface area contributed by atoms with Gasteiger partial charge in [0, 0.05) is 32.2 Å². The molecule has 2 heterocycles. The van der Waals surface area contributed by atoms with Crippen LogP contribution < -0.4 is 4.90 Å². The highest BCUT2D eigenvalue weighted by molar-refractivity contribution is 7.99. The molecule has 5 aromatic carbocycles. The molecular weight excluding hydrogens is 533 g/mol. The molecule has 0 saturated carbocycles. The second-order valence-electron chi connectivity index (χ2n) is 10.8. The van der Waals surface area contributed by atoms with Gasteiger partial charge in [-0.25, -0.2) is 15.0 Å². The Labute approximate surface area is 251 Å². The van der Waals surface area contributed by atoms with Crippen LogP contribution in [0, 0.1) is 27.7 Å². The lowest BCUT2D eigenvalue weighted by Gasteiger charge is -2.32. The summed E-state index contributed by atoms with van der Waals surface area (Å²) in [6.45, 7) is 8.49. The number of nitrogens with zero attached hydrogens (tertiary/aromatic N) is 4. The molecule has 0 aliphatic carbocycles. The van der Waals surface area contributed by atoms with Crippen LogP contribution in [0.5, 0.6) is 0 Å². The molecule has 5 heteroatoms. The van der Waals surface area contributed by atoms with E-state index in [0.717, 1.165) is 22.4 Å². The molecule has 1 aliphatic heterocycles. The van der Waals surface area contributed by atoms with Gasteiger partial charge in [-0.15, -0.1) is 0 Å².